The molecule has 5 heteroatoms. The first-order valence-electron chi connectivity index (χ1n) is 12.4. The Balaban J connectivity index is 1.49. The van der Waals surface area contributed by atoms with Crippen LogP contribution in [-0.2, 0) is 14.9 Å². The molecule has 1 saturated carbocycles. The van der Waals surface area contributed by atoms with Crippen LogP contribution in [0.4, 0.5) is 0 Å². The smallest absolute Gasteiger partial charge is 0.302 e. The van der Waals surface area contributed by atoms with Gasteiger partial charge in [-0.1, -0.05) is 42.2 Å². The Morgan fingerprint density at radius 1 is 1.00 bits per heavy atom. The third-order valence-electron chi connectivity index (χ3n) is 7.57. The zero-order chi connectivity index (χ0) is 24.7. The van der Waals surface area contributed by atoms with Crippen LogP contribution in [0.2, 0.25) is 0 Å². The van der Waals surface area contributed by atoms with Gasteiger partial charge in [0, 0.05) is 18.4 Å². The quantitative estimate of drug-likeness (QED) is 0.468. The van der Waals surface area contributed by atoms with Gasteiger partial charge in [0.2, 0.25) is 0 Å². The lowest BCUT2D eigenvalue weighted by Crippen LogP contribution is -2.49. The fourth-order valence-corrected chi connectivity index (χ4v) is 5.93. The van der Waals surface area contributed by atoms with Crippen LogP contribution < -0.4 is 0 Å². The highest BCUT2D eigenvalue weighted by atomic mass is 16.5. The summed E-state index contributed by atoms with van der Waals surface area (Å²) in [5.41, 5.74) is 1.92. The van der Waals surface area contributed by atoms with E-state index in [0.717, 1.165) is 56.3 Å². The van der Waals surface area contributed by atoms with Gasteiger partial charge in [0.15, 0.2) is 0 Å². The van der Waals surface area contributed by atoms with Crippen molar-refractivity contribution in [3.05, 3.63) is 71.3 Å². The summed E-state index contributed by atoms with van der Waals surface area (Å²) in [4.78, 5) is 14.2. The van der Waals surface area contributed by atoms with Gasteiger partial charge < -0.3 is 4.74 Å². The van der Waals surface area contributed by atoms with Gasteiger partial charge in [-0.15, -0.1) is 0 Å². The van der Waals surface area contributed by atoms with Crippen LogP contribution in [0.15, 0.2) is 54.6 Å². The molecule has 0 aromatic heterocycles. The van der Waals surface area contributed by atoms with Crippen molar-refractivity contribution in [3.63, 3.8) is 0 Å². The van der Waals surface area contributed by atoms with E-state index in [-0.39, 0.29) is 23.9 Å². The first-order valence-corrected chi connectivity index (χ1v) is 12.4. The number of nitrogens with zero attached hydrogens (tertiary/aromatic N) is 3. The van der Waals surface area contributed by atoms with Crippen LogP contribution in [0.3, 0.4) is 0 Å². The van der Waals surface area contributed by atoms with Crippen molar-refractivity contribution in [2.45, 2.75) is 50.5 Å². The molecule has 1 aliphatic carbocycles. The van der Waals surface area contributed by atoms with E-state index in [2.05, 4.69) is 41.0 Å². The molecule has 0 bridgehead atoms. The maximum absolute atomic E-state index is 11.8. The zero-order valence-electron chi connectivity index (χ0n) is 20.2. The molecule has 0 spiro atoms. The lowest BCUT2D eigenvalue weighted by atomic mass is 9.59. The molecule has 5 nitrogen and oxygen atoms in total. The van der Waals surface area contributed by atoms with Crippen LogP contribution in [0.1, 0.15) is 55.7 Å². The van der Waals surface area contributed by atoms with Crippen molar-refractivity contribution in [1.29, 1.82) is 10.5 Å². The minimum atomic E-state index is -0.669. The van der Waals surface area contributed by atoms with E-state index >= 15 is 0 Å². The molecular formula is C30H31N3O2. The van der Waals surface area contributed by atoms with E-state index in [1.807, 2.05) is 30.3 Å². The van der Waals surface area contributed by atoms with E-state index in [0.29, 0.717) is 12.1 Å². The molecule has 2 fully saturated rings. The van der Waals surface area contributed by atoms with Crippen LogP contribution in [0, 0.1) is 46.3 Å². The van der Waals surface area contributed by atoms with E-state index in [1.54, 1.807) is 12.1 Å². The van der Waals surface area contributed by atoms with E-state index in [1.165, 1.54) is 6.92 Å². The molecule has 3 unspecified atom stereocenters. The topological polar surface area (TPSA) is 77.1 Å². The molecule has 2 aromatic carbocycles. The summed E-state index contributed by atoms with van der Waals surface area (Å²) in [6, 6.07) is 22.4. The minimum absolute atomic E-state index is 0.00604. The molecule has 2 aliphatic rings. The predicted molar refractivity (Wildman–Crippen MR) is 134 cm³/mol. The van der Waals surface area contributed by atoms with Crippen LogP contribution in [0.25, 0.3) is 0 Å². The average molecular weight is 466 g/mol. The minimum Gasteiger partial charge on any atom is -0.462 e. The number of carbonyl (C=O) groups excluding carboxylic acids is 1. The van der Waals surface area contributed by atoms with Gasteiger partial charge in [0.25, 0.3) is 0 Å². The fraction of sp³-hybridized carbons (Fsp3) is 0.433. The summed E-state index contributed by atoms with van der Waals surface area (Å²) in [5, 5.41) is 19.7. The van der Waals surface area contributed by atoms with Crippen molar-refractivity contribution in [2.75, 3.05) is 19.6 Å². The summed E-state index contributed by atoms with van der Waals surface area (Å²) in [6.07, 6.45) is 4.31. The average Bonchev–Trinajstić information content (AvgIpc) is 3.34. The molecule has 2 aromatic rings. The maximum atomic E-state index is 11.8. The van der Waals surface area contributed by atoms with Gasteiger partial charge in [-0.3, -0.25) is 9.69 Å². The zero-order valence-corrected chi connectivity index (χ0v) is 20.2. The van der Waals surface area contributed by atoms with Crippen molar-refractivity contribution in [1.82, 2.24) is 4.90 Å². The monoisotopic (exact) mass is 465 g/mol. The Kier molecular flexibility index (Phi) is 7.87. The molecule has 1 saturated heterocycles. The molecule has 0 amide bonds. The summed E-state index contributed by atoms with van der Waals surface area (Å²) in [5.74, 6) is 6.38. The van der Waals surface area contributed by atoms with E-state index < -0.39 is 5.41 Å². The Bertz CT molecular complexity index is 1160. The van der Waals surface area contributed by atoms with Crippen LogP contribution >= 0.6 is 0 Å². The number of esters is 1. The Morgan fingerprint density at radius 3 is 2.31 bits per heavy atom. The highest BCUT2D eigenvalue weighted by Gasteiger charge is 2.53. The number of hydrogen-bond donors (Lipinski definition) is 0. The number of carbonyl (C=O) groups is 1. The van der Waals surface area contributed by atoms with Gasteiger partial charge in [-0.25, -0.2) is 0 Å². The summed E-state index contributed by atoms with van der Waals surface area (Å²) in [6.45, 7) is 3.91. The number of benzene rings is 2. The van der Waals surface area contributed by atoms with Gasteiger partial charge in [0.05, 0.1) is 29.7 Å². The second-order valence-corrected chi connectivity index (χ2v) is 9.57. The molecule has 178 valence electrons. The van der Waals surface area contributed by atoms with Gasteiger partial charge in [-0.05, 0) is 80.9 Å². The second kappa shape index (κ2) is 11.2. The highest BCUT2D eigenvalue weighted by Crippen LogP contribution is 2.50. The molecule has 0 radical (unpaired) electrons. The molecule has 1 heterocycles. The predicted octanol–water partition coefficient (Wildman–Crippen LogP) is 4.82. The van der Waals surface area contributed by atoms with Gasteiger partial charge in [-0.2, -0.15) is 10.5 Å². The molecular weight excluding hydrogens is 434 g/mol. The first-order chi connectivity index (χ1) is 17.1. The van der Waals surface area contributed by atoms with Crippen molar-refractivity contribution in [3.8, 4) is 24.0 Å². The molecule has 1 aliphatic heterocycles. The number of ether oxygens (including phenoxy) is 1. The lowest BCUT2D eigenvalue weighted by Gasteiger charge is -2.45. The number of likely N-dealkylation sites (tertiary alicyclic amines) is 1. The van der Waals surface area contributed by atoms with Crippen molar-refractivity contribution in [2.24, 2.45) is 11.8 Å². The summed E-state index contributed by atoms with van der Waals surface area (Å²) >= 11 is 0. The van der Waals surface area contributed by atoms with E-state index in [4.69, 9.17) is 10.00 Å². The third-order valence-corrected chi connectivity index (χ3v) is 7.57. The Morgan fingerprint density at radius 2 is 1.69 bits per heavy atom. The van der Waals surface area contributed by atoms with Gasteiger partial charge in [0.1, 0.15) is 6.10 Å². The number of nitriles is 2. The first kappa shape index (κ1) is 24.5. The van der Waals surface area contributed by atoms with E-state index in [9.17, 15) is 10.1 Å². The summed E-state index contributed by atoms with van der Waals surface area (Å²) < 4.78 is 5.74. The molecule has 0 N–H and O–H groups in total. The number of rotatable bonds is 5. The number of piperidine rings is 1. The van der Waals surface area contributed by atoms with Crippen molar-refractivity contribution < 1.29 is 9.53 Å². The molecule has 3 atom stereocenters. The summed E-state index contributed by atoms with van der Waals surface area (Å²) in [7, 11) is 0. The SMILES string of the molecule is CC(=O)OC1CCCC1C(C#N)(c1ccccc1)C1CCN(CC#Cc2ccc(C#N)cc2)CC1. The largest absolute Gasteiger partial charge is 0.462 e. The van der Waals surface area contributed by atoms with Gasteiger partial charge >= 0.3 is 5.97 Å². The van der Waals surface area contributed by atoms with Crippen LogP contribution in [0.5, 0.6) is 0 Å². The number of hydrogen-bond acceptors (Lipinski definition) is 5. The maximum Gasteiger partial charge on any atom is 0.302 e. The normalized spacial score (nSPS) is 22.1. The molecule has 35 heavy (non-hydrogen) atoms. The third kappa shape index (κ3) is 5.40. The Hall–Kier alpha value is -3.59. The van der Waals surface area contributed by atoms with Crippen molar-refractivity contribution >= 4 is 5.97 Å². The lowest BCUT2D eigenvalue weighted by molar-refractivity contribution is -0.149. The standard InChI is InChI=1S/C30H31N3O2/c1-23(34)35-29-11-5-10-28(29)30(22-32,26-8-3-2-4-9-26)27-16-19-33(20-17-27)18-6-7-24-12-14-25(21-31)15-13-24/h2-4,8-9,12-15,27-29H,5,10-11,16-20H2,1H3. The second-order valence-electron chi connectivity index (χ2n) is 9.57. The Labute approximate surface area is 208 Å². The van der Waals surface area contributed by atoms with Crippen LogP contribution in [-0.4, -0.2) is 36.6 Å². The highest BCUT2D eigenvalue weighted by molar-refractivity contribution is 5.66. The molecule has 4 rings (SSSR count). The fourth-order valence-electron chi connectivity index (χ4n) is 5.93.